The maximum atomic E-state index is 13.4. The van der Waals surface area contributed by atoms with Gasteiger partial charge < -0.3 is 28.7 Å². The molecule has 1 N–H and O–H groups in total. The molecule has 2 aromatic heterocycles. The highest BCUT2D eigenvalue weighted by molar-refractivity contribution is 7.51. The first-order valence-electron chi connectivity index (χ1n) is 11.4. The van der Waals surface area contributed by atoms with Gasteiger partial charge in [-0.2, -0.15) is 0 Å². The minimum atomic E-state index is -3.85. The van der Waals surface area contributed by atoms with Crippen LogP contribution in [0, 0.1) is 0 Å². The van der Waals surface area contributed by atoms with E-state index in [1.165, 1.54) is 36.1 Å². The average molecular weight is 530 g/mol. The second-order valence-corrected chi connectivity index (χ2v) is 10.3. The highest BCUT2D eigenvalue weighted by Gasteiger charge is 2.32. The number of pyridine rings is 1. The number of amides is 2. The van der Waals surface area contributed by atoms with Crippen molar-refractivity contribution in [1.82, 2.24) is 19.4 Å². The molecule has 3 aromatic rings. The van der Waals surface area contributed by atoms with E-state index in [9.17, 15) is 23.8 Å². The van der Waals surface area contributed by atoms with Crippen molar-refractivity contribution in [2.45, 2.75) is 6.73 Å². The largest absolute Gasteiger partial charge is 0.494 e. The molecule has 37 heavy (non-hydrogen) atoms. The van der Waals surface area contributed by atoms with Crippen LogP contribution in [-0.2, 0) is 20.6 Å². The lowest BCUT2D eigenvalue weighted by atomic mass is 10.1. The second-order valence-electron chi connectivity index (χ2n) is 8.41. The van der Waals surface area contributed by atoms with Gasteiger partial charge in [-0.1, -0.05) is 18.2 Å². The number of ether oxygens (including phenoxy) is 2. The predicted octanol–water partition coefficient (Wildman–Crippen LogP) is 2.01. The minimum absolute atomic E-state index is 0.00724. The number of carbonyl (C=O) groups excluding carboxylic acids is 3. The Labute approximate surface area is 212 Å². The van der Waals surface area contributed by atoms with Crippen LogP contribution in [0.25, 0.3) is 10.9 Å². The molecule has 1 fully saturated rings. The Balaban J connectivity index is 1.59. The van der Waals surface area contributed by atoms with E-state index in [1.54, 1.807) is 29.2 Å². The number of hydrogen-bond donors (Lipinski definition) is 1. The third kappa shape index (κ3) is 5.51. The Kier molecular flexibility index (Phi) is 7.63. The number of hydrogen-bond acceptors (Lipinski definition) is 8. The molecule has 1 aliphatic rings. The van der Waals surface area contributed by atoms with Crippen LogP contribution in [0.2, 0.25) is 0 Å². The Hall–Kier alpha value is -3.73. The molecule has 1 atom stereocenters. The van der Waals surface area contributed by atoms with Crippen LogP contribution >= 0.6 is 7.60 Å². The second kappa shape index (κ2) is 10.7. The Bertz CT molecular complexity index is 1380. The molecule has 2 amide bonds. The molecule has 0 aliphatic carbocycles. The Morgan fingerprint density at radius 1 is 1.03 bits per heavy atom. The van der Waals surface area contributed by atoms with Gasteiger partial charge in [0.1, 0.15) is 18.0 Å². The number of carbonyl (C=O) groups is 3. The van der Waals surface area contributed by atoms with E-state index in [1.807, 2.05) is 6.07 Å². The smallest absolute Gasteiger partial charge is 0.326 e. The van der Waals surface area contributed by atoms with Gasteiger partial charge in [0.05, 0.1) is 31.4 Å². The number of ketones is 1. The van der Waals surface area contributed by atoms with Gasteiger partial charge in [0.15, 0.2) is 0 Å². The number of rotatable bonds is 8. The molecule has 3 heterocycles. The van der Waals surface area contributed by atoms with Crippen molar-refractivity contribution in [3.05, 3.63) is 53.9 Å². The summed E-state index contributed by atoms with van der Waals surface area (Å²) in [6.45, 7) is 1.59. The quantitative estimate of drug-likeness (QED) is 0.263. The number of nitrogens with zero attached hydrogens (tertiary/aromatic N) is 4. The summed E-state index contributed by atoms with van der Waals surface area (Å²) >= 11 is 0. The molecule has 0 spiro atoms. The zero-order valence-corrected chi connectivity index (χ0v) is 21.5. The fourth-order valence-corrected chi connectivity index (χ4v) is 4.50. The van der Waals surface area contributed by atoms with Crippen molar-refractivity contribution in [2.24, 2.45) is 0 Å². The number of methoxy groups -OCH3 is 2. The lowest BCUT2D eigenvalue weighted by molar-refractivity contribution is -0.127. The number of aromatic nitrogens is 2. The third-order valence-corrected chi connectivity index (χ3v) is 6.58. The lowest BCUT2D eigenvalue weighted by Crippen LogP contribution is -2.52. The van der Waals surface area contributed by atoms with Gasteiger partial charge in [-0.05, 0) is 12.1 Å². The summed E-state index contributed by atoms with van der Waals surface area (Å²) in [5.74, 6) is -1.35. The number of piperazine rings is 1. The summed E-state index contributed by atoms with van der Waals surface area (Å²) in [5.41, 5.74) is 0.833. The van der Waals surface area contributed by atoms with E-state index in [0.717, 1.165) is 6.66 Å². The molecule has 1 unspecified atom stereocenters. The van der Waals surface area contributed by atoms with Crippen LogP contribution in [0.4, 0.5) is 0 Å². The van der Waals surface area contributed by atoms with Gasteiger partial charge in [-0.15, -0.1) is 0 Å². The molecule has 1 aliphatic heterocycles. The number of Topliss-reactive ketones (excluding diaryl/α,β-unsaturated/α-hetero) is 1. The van der Waals surface area contributed by atoms with Crippen molar-refractivity contribution in [3.8, 4) is 11.6 Å². The summed E-state index contributed by atoms with van der Waals surface area (Å²) in [6, 6.07) is 8.85. The van der Waals surface area contributed by atoms with Crippen molar-refractivity contribution < 1.29 is 37.8 Å². The molecule has 12 nitrogen and oxygen atoms in total. The molecule has 1 aromatic carbocycles. The Morgan fingerprint density at radius 3 is 2.27 bits per heavy atom. The number of fused-ring (bicyclic) bond motifs is 1. The van der Waals surface area contributed by atoms with Crippen LogP contribution in [0.1, 0.15) is 20.7 Å². The predicted molar refractivity (Wildman–Crippen MR) is 133 cm³/mol. The summed E-state index contributed by atoms with van der Waals surface area (Å²) < 4.78 is 28.8. The SMILES string of the molecule is COc1cnc(OC)c2c1c(C(=O)C(=O)N1CCN(C(=O)c3ccccc3)CC1)cn2COP(C)(=O)O. The summed E-state index contributed by atoms with van der Waals surface area (Å²) in [5, 5.41) is 0.262. The molecule has 0 saturated carbocycles. The normalized spacial score (nSPS) is 15.4. The summed E-state index contributed by atoms with van der Waals surface area (Å²) in [7, 11) is -1.08. The van der Waals surface area contributed by atoms with Crippen LogP contribution < -0.4 is 9.47 Å². The van der Waals surface area contributed by atoms with Crippen molar-refractivity contribution in [2.75, 3.05) is 47.1 Å². The fraction of sp³-hybridized carbons (Fsp3) is 0.333. The van der Waals surface area contributed by atoms with Crippen molar-refractivity contribution in [3.63, 3.8) is 0 Å². The van der Waals surface area contributed by atoms with Gasteiger partial charge in [0.25, 0.3) is 17.6 Å². The average Bonchev–Trinajstić information content (AvgIpc) is 3.30. The molecule has 1 saturated heterocycles. The van der Waals surface area contributed by atoms with Gasteiger partial charge >= 0.3 is 7.60 Å². The zero-order valence-electron chi connectivity index (χ0n) is 20.6. The van der Waals surface area contributed by atoms with Crippen LogP contribution in [0.5, 0.6) is 11.6 Å². The maximum absolute atomic E-state index is 13.4. The van der Waals surface area contributed by atoms with E-state index < -0.39 is 26.0 Å². The molecular weight excluding hydrogens is 503 g/mol. The van der Waals surface area contributed by atoms with Crippen LogP contribution in [0.3, 0.4) is 0 Å². The standard InChI is InChI=1S/C24H27N4O8P/c1-34-18-13-25-22(35-2)20-19(18)17(14-28(20)15-36-37(3,32)33)21(29)24(31)27-11-9-26(10-12-27)23(30)16-7-5-4-6-8-16/h4-8,13-14H,9-12,15H2,1-3H3,(H,32,33). The van der Waals surface area contributed by atoms with Crippen molar-refractivity contribution in [1.29, 1.82) is 0 Å². The molecule has 196 valence electrons. The molecule has 13 heteroatoms. The third-order valence-electron chi connectivity index (χ3n) is 5.99. The highest BCUT2D eigenvalue weighted by atomic mass is 31.2. The van der Waals surface area contributed by atoms with E-state index in [2.05, 4.69) is 4.98 Å². The first-order valence-corrected chi connectivity index (χ1v) is 13.4. The first-order chi connectivity index (χ1) is 17.6. The number of benzene rings is 1. The van der Waals surface area contributed by atoms with E-state index in [-0.39, 0.29) is 60.2 Å². The van der Waals surface area contributed by atoms with E-state index in [4.69, 9.17) is 14.0 Å². The van der Waals surface area contributed by atoms with E-state index in [0.29, 0.717) is 5.56 Å². The Morgan fingerprint density at radius 2 is 1.68 bits per heavy atom. The van der Waals surface area contributed by atoms with Gasteiger partial charge in [0.2, 0.25) is 5.88 Å². The van der Waals surface area contributed by atoms with Gasteiger partial charge in [-0.3, -0.25) is 23.5 Å². The van der Waals surface area contributed by atoms with Gasteiger partial charge in [0, 0.05) is 44.6 Å². The first kappa shape index (κ1) is 26.3. The van der Waals surface area contributed by atoms with Crippen molar-refractivity contribution >= 4 is 36.1 Å². The molecule has 4 rings (SSSR count). The van der Waals surface area contributed by atoms with Gasteiger partial charge in [-0.25, -0.2) is 4.98 Å². The highest BCUT2D eigenvalue weighted by Crippen LogP contribution is 2.40. The minimum Gasteiger partial charge on any atom is -0.494 e. The summed E-state index contributed by atoms with van der Waals surface area (Å²) in [4.78, 5) is 56.2. The van der Waals surface area contributed by atoms with Crippen LogP contribution in [-0.4, -0.2) is 88.9 Å². The molecule has 0 radical (unpaired) electrons. The van der Waals surface area contributed by atoms with Crippen LogP contribution in [0.15, 0.2) is 42.7 Å². The topological polar surface area (TPSA) is 140 Å². The zero-order chi connectivity index (χ0) is 26.7. The monoisotopic (exact) mass is 530 g/mol. The lowest BCUT2D eigenvalue weighted by Gasteiger charge is -2.34. The molecular formula is C24H27N4O8P. The fourth-order valence-electron chi connectivity index (χ4n) is 4.16. The molecule has 0 bridgehead atoms. The van der Waals surface area contributed by atoms with E-state index >= 15 is 0 Å². The summed E-state index contributed by atoms with van der Waals surface area (Å²) in [6.07, 6.45) is 2.71. The maximum Gasteiger partial charge on any atom is 0.326 e.